The number of benzene rings is 1. The van der Waals surface area contributed by atoms with Gasteiger partial charge < -0.3 is 9.30 Å². The van der Waals surface area contributed by atoms with Crippen molar-refractivity contribution < 1.29 is 4.74 Å². The largest absolute Gasteiger partial charge is 0.383 e. The number of rotatable bonds is 5. The van der Waals surface area contributed by atoms with Crippen molar-refractivity contribution in [3.05, 3.63) is 36.0 Å². The first-order chi connectivity index (χ1) is 11.8. The Morgan fingerprint density at radius 2 is 2.08 bits per heavy atom. The minimum atomic E-state index is 0.639. The van der Waals surface area contributed by atoms with Crippen LogP contribution in [-0.4, -0.2) is 59.8 Å². The van der Waals surface area contributed by atoms with Gasteiger partial charge in [-0.05, 0) is 37.9 Å². The fourth-order valence-electron chi connectivity index (χ4n) is 4.51. The molecule has 2 aliphatic rings. The number of hydrogen-bond acceptors (Lipinski definition) is 3. The molecule has 130 valence electrons. The average Bonchev–Trinajstić information content (AvgIpc) is 3.18. The fraction of sp³-hybridized carbons (Fsp3) is 0.600. The number of aromatic nitrogens is 1. The van der Waals surface area contributed by atoms with E-state index in [1.54, 1.807) is 7.11 Å². The summed E-state index contributed by atoms with van der Waals surface area (Å²) < 4.78 is 7.63. The van der Waals surface area contributed by atoms with Gasteiger partial charge in [0.25, 0.3) is 0 Å². The van der Waals surface area contributed by atoms with E-state index in [4.69, 9.17) is 4.74 Å². The summed E-state index contributed by atoms with van der Waals surface area (Å²) in [5, 5.41) is 1.40. The van der Waals surface area contributed by atoms with E-state index in [1.165, 1.54) is 48.9 Å². The first-order valence-electron chi connectivity index (χ1n) is 9.30. The average molecular weight is 327 g/mol. The van der Waals surface area contributed by atoms with Gasteiger partial charge in [-0.1, -0.05) is 18.2 Å². The van der Waals surface area contributed by atoms with Crippen LogP contribution in [0.3, 0.4) is 0 Å². The van der Waals surface area contributed by atoms with E-state index in [-0.39, 0.29) is 0 Å². The molecule has 0 bridgehead atoms. The lowest BCUT2D eigenvalue weighted by molar-refractivity contribution is 0.0543. The van der Waals surface area contributed by atoms with E-state index in [0.717, 1.165) is 25.7 Å². The molecule has 0 N–H and O–H groups in total. The van der Waals surface area contributed by atoms with Crippen LogP contribution in [0.2, 0.25) is 0 Å². The quantitative estimate of drug-likeness (QED) is 0.842. The second-order valence-electron chi connectivity index (χ2n) is 7.43. The highest BCUT2D eigenvalue weighted by atomic mass is 16.5. The van der Waals surface area contributed by atoms with Crippen molar-refractivity contribution >= 4 is 10.9 Å². The summed E-state index contributed by atoms with van der Waals surface area (Å²) in [7, 11) is 1.77. The second-order valence-corrected chi connectivity index (χ2v) is 7.43. The number of hydrogen-bond donors (Lipinski definition) is 0. The van der Waals surface area contributed by atoms with Gasteiger partial charge in [-0.15, -0.1) is 0 Å². The van der Waals surface area contributed by atoms with Crippen molar-refractivity contribution in [1.29, 1.82) is 0 Å². The Morgan fingerprint density at radius 1 is 1.21 bits per heavy atom. The summed E-state index contributed by atoms with van der Waals surface area (Å²) in [5.74, 6) is 0. The summed E-state index contributed by atoms with van der Waals surface area (Å²) >= 11 is 0. The van der Waals surface area contributed by atoms with Crippen LogP contribution in [0.25, 0.3) is 10.9 Å². The van der Waals surface area contributed by atoms with Gasteiger partial charge in [0.15, 0.2) is 0 Å². The SMILES string of the molecule is COCCn1cc(CN2C[C@@H]3CCCN3C[C@H]2C)c2ccccc21. The molecule has 0 radical (unpaired) electrons. The molecule has 2 aromatic rings. The molecule has 1 aromatic heterocycles. The van der Waals surface area contributed by atoms with E-state index in [1.807, 2.05) is 0 Å². The van der Waals surface area contributed by atoms with Gasteiger partial charge in [0.1, 0.15) is 0 Å². The normalized spacial score (nSPS) is 25.4. The van der Waals surface area contributed by atoms with E-state index in [2.05, 4.69) is 51.8 Å². The third-order valence-electron chi connectivity index (χ3n) is 5.85. The molecule has 0 aliphatic carbocycles. The van der Waals surface area contributed by atoms with Crippen LogP contribution in [-0.2, 0) is 17.8 Å². The molecular weight excluding hydrogens is 298 g/mol. The van der Waals surface area contributed by atoms with Crippen molar-refractivity contribution in [2.24, 2.45) is 0 Å². The molecule has 4 nitrogen and oxygen atoms in total. The zero-order valence-corrected chi connectivity index (χ0v) is 14.9. The molecule has 4 heteroatoms. The third-order valence-corrected chi connectivity index (χ3v) is 5.85. The molecule has 1 aromatic carbocycles. The Kier molecular flexibility index (Phi) is 4.61. The molecular formula is C20H29N3O. The van der Waals surface area contributed by atoms with Gasteiger partial charge in [-0.25, -0.2) is 0 Å². The van der Waals surface area contributed by atoms with E-state index in [9.17, 15) is 0 Å². The first kappa shape index (κ1) is 16.1. The van der Waals surface area contributed by atoms with E-state index >= 15 is 0 Å². The monoisotopic (exact) mass is 327 g/mol. The van der Waals surface area contributed by atoms with Gasteiger partial charge >= 0.3 is 0 Å². The Hall–Kier alpha value is -1.36. The Morgan fingerprint density at radius 3 is 2.96 bits per heavy atom. The maximum Gasteiger partial charge on any atom is 0.0641 e. The van der Waals surface area contributed by atoms with Crippen molar-refractivity contribution in [3.63, 3.8) is 0 Å². The van der Waals surface area contributed by atoms with Crippen molar-refractivity contribution in [2.75, 3.05) is 33.4 Å². The van der Waals surface area contributed by atoms with Gasteiger partial charge in [0.2, 0.25) is 0 Å². The second kappa shape index (κ2) is 6.87. The van der Waals surface area contributed by atoms with Gasteiger partial charge in [-0.2, -0.15) is 0 Å². The van der Waals surface area contributed by atoms with Crippen LogP contribution in [0.1, 0.15) is 25.3 Å². The summed E-state index contributed by atoms with van der Waals surface area (Å²) in [4.78, 5) is 5.39. The zero-order valence-electron chi connectivity index (χ0n) is 14.9. The Bertz CT molecular complexity index is 695. The minimum absolute atomic E-state index is 0.639. The molecule has 2 saturated heterocycles. The lowest BCUT2D eigenvalue weighted by atomic mass is 10.1. The third kappa shape index (κ3) is 2.99. The molecule has 0 unspecified atom stereocenters. The van der Waals surface area contributed by atoms with Gasteiger partial charge in [0, 0.05) is 62.5 Å². The molecule has 0 amide bonds. The number of methoxy groups -OCH3 is 1. The first-order valence-corrected chi connectivity index (χ1v) is 9.30. The molecule has 2 aliphatic heterocycles. The van der Waals surface area contributed by atoms with Gasteiger partial charge in [0.05, 0.1) is 6.61 Å². The van der Waals surface area contributed by atoms with Crippen molar-refractivity contribution in [2.45, 2.75) is 44.9 Å². The van der Waals surface area contributed by atoms with Gasteiger partial charge in [-0.3, -0.25) is 9.80 Å². The Labute approximate surface area is 145 Å². The summed E-state index contributed by atoms with van der Waals surface area (Å²) in [6, 6.07) is 10.2. The number of ether oxygens (including phenoxy) is 1. The maximum absolute atomic E-state index is 5.28. The fourth-order valence-corrected chi connectivity index (χ4v) is 4.51. The van der Waals surface area contributed by atoms with Crippen molar-refractivity contribution in [3.8, 4) is 0 Å². The number of para-hydroxylation sites is 1. The predicted molar refractivity (Wildman–Crippen MR) is 98.3 cm³/mol. The zero-order chi connectivity index (χ0) is 16.5. The Balaban J connectivity index is 1.57. The van der Waals surface area contributed by atoms with Crippen LogP contribution in [0.4, 0.5) is 0 Å². The van der Waals surface area contributed by atoms with Crippen LogP contribution in [0.5, 0.6) is 0 Å². The molecule has 0 saturated carbocycles. The summed E-state index contributed by atoms with van der Waals surface area (Å²) in [6.45, 7) is 8.88. The summed E-state index contributed by atoms with van der Waals surface area (Å²) in [5.41, 5.74) is 2.79. The molecule has 4 rings (SSSR count). The van der Waals surface area contributed by atoms with Crippen LogP contribution in [0.15, 0.2) is 30.5 Å². The molecule has 24 heavy (non-hydrogen) atoms. The number of piperazine rings is 1. The highest BCUT2D eigenvalue weighted by Gasteiger charge is 2.34. The maximum atomic E-state index is 5.28. The smallest absolute Gasteiger partial charge is 0.0641 e. The topological polar surface area (TPSA) is 20.6 Å². The minimum Gasteiger partial charge on any atom is -0.383 e. The standard InChI is InChI=1S/C20H29N3O/c1-16-12-21-9-5-6-18(21)15-23(16)14-17-13-22(10-11-24-2)20-8-4-3-7-19(17)20/h3-4,7-8,13,16,18H,5-6,9-12,14-15H2,1-2H3/t16-,18+/m1/s1. The van der Waals surface area contributed by atoms with Crippen LogP contribution < -0.4 is 0 Å². The van der Waals surface area contributed by atoms with Crippen LogP contribution in [0, 0.1) is 0 Å². The number of nitrogens with zero attached hydrogens (tertiary/aromatic N) is 3. The lowest BCUT2D eigenvalue weighted by Crippen LogP contribution is -2.54. The van der Waals surface area contributed by atoms with E-state index in [0.29, 0.717) is 6.04 Å². The molecule has 0 spiro atoms. The van der Waals surface area contributed by atoms with Crippen LogP contribution >= 0.6 is 0 Å². The van der Waals surface area contributed by atoms with Crippen molar-refractivity contribution in [1.82, 2.24) is 14.4 Å². The molecule has 2 atom stereocenters. The predicted octanol–water partition coefficient (Wildman–Crippen LogP) is 2.96. The molecule has 3 heterocycles. The number of fused-ring (bicyclic) bond motifs is 2. The van der Waals surface area contributed by atoms with E-state index < -0.39 is 0 Å². The highest BCUT2D eigenvalue weighted by molar-refractivity contribution is 5.83. The highest BCUT2D eigenvalue weighted by Crippen LogP contribution is 2.28. The molecule has 2 fully saturated rings. The summed E-state index contributed by atoms with van der Waals surface area (Å²) in [6.07, 6.45) is 5.10. The lowest BCUT2D eigenvalue weighted by Gasteiger charge is -2.42.